The zero-order chi connectivity index (χ0) is 11.5. The highest BCUT2D eigenvalue weighted by atomic mass is 16.5. The Morgan fingerprint density at radius 2 is 2.62 bits per heavy atom. The molecule has 3 unspecified atom stereocenters. The standard InChI is InChI=1S/C9H15N5O2/c1-2-16-6-3-5(10)7(6)13-9(15)8-11-4-12-14-8/h4-7H,2-3,10H2,1H3,(H,13,15)(H,11,12,14). The van der Waals surface area contributed by atoms with Crippen LogP contribution >= 0.6 is 0 Å². The number of nitrogens with one attached hydrogen (secondary N) is 2. The molecule has 0 radical (unpaired) electrons. The van der Waals surface area contributed by atoms with Crippen LogP contribution in [-0.2, 0) is 4.74 Å². The van der Waals surface area contributed by atoms with Crippen molar-refractivity contribution in [2.24, 2.45) is 5.73 Å². The molecule has 4 N–H and O–H groups in total. The summed E-state index contributed by atoms with van der Waals surface area (Å²) in [4.78, 5) is 15.4. The molecule has 3 atom stereocenters. The molecule has 7 heteroatoms. The number of ether oxygens (including phenoxy) is 1. The largest absolute Gasteiger partial charge is 0.376 e. The second kappa shape index (κ2) is 4.58. The van der Waals surface area contributed by atoms with Gasteiger partial charge in [-0.25, -0.2) is 4.98 Å². The van der Waals surface area contributed by atoms with Crippen LogP contribution in [0.4, 0.5) is 0 Å². The summed E-state index contributed by atoms with van der Waals surface area (Å²) in [5.74, 6) is -0.114. The molecule has 1 aromatic heterocycles. The van der Waals surface area contributed by atoms with Crippen molar-refractivity contribution < 1.29 is 9.53 Å². The van der Waals surface area contributed by atoms with E-state index in [2.05, 4.69) is 20.5 Å². The lowest BCUT2D eigenvalue weighted by Crippen LogP contribution is -2.64. The molecule has 0 aromatic carbocycles. The third-order valence-electron chi connectivity index (χ3n) is 2.67. The van der Waals surface area contributed by atoms with Gasteiger partial charge in [-0.05, 0) is 13.3 Å². The van der Waals surface area contributed by atoms with Crippen molar-refractivity contribution >= 4 is 5.91 Å². The Labute approximate surface area is 92.8 Å². The zero-order valence-corrected chi connectivity index (χ0v) is 9.01. The maximum Gasteiger partial charge on any atom is 0.288 e. The lowest BCUT2D eigenvalue weighted by molar-refractivity contribution is -0.0301. The van der Waals surface area contributed by atoms with Crippen LogP contribution in [0.25, 0.3) is 0 Å². The Hall–Kier alpha value is -1.47. The van der Waals surface area contributed by atoms with E-state index in [0.717, 1.165) is 6.42 Å². The topological polar surface area (TPSA) is 106 Å². The van der Waals surface area contributed by atoms with Crippen molar-refractivity contribution in [2.45, 2.75) is 31.5 Å². The van der Waals surface area contributed by atoms with E-state index in [1.54, 1.807) is 0 Å². The highest BCUT2D eigenvalue weighted by molar-refractivity contribution is 5.90. The number of carbonyl (C=O) groups excluding carboxylic acids is 1. The zero-order valence-electron chi connectivity index (χ0n) is 9.01. The summed E-state index contributed by atoms with van der Waals surface area (Å²) >= 11 is 0. The van der Waals surface area contributed by atoms with Gasteiger partial charge in [-0.1, -0.05) is 0 Å². The number of H-pyrrole nitrogens is 1. The molecule has 1 saturated carbocycles. The Bertz CT molecular complexity index is 351. The molecular formula is C9H15N5O2. The molecule has 88 valence electrons. The van der Waals surface area contributed by atoms with E-state index < -0.39 is 0 Å². The van der Waals surface area contributed by atoms with Gasteiger partial charge in [-0.3, -0.25) is 9.89 Å². The van der Waals surface area contributed by atoms with Gasteiger partial charge in [0.25, 0.3) is 5.91 Å². The van der Waals surface area contributed by atoms with Gasteiger partial charge in [-0.15, -0.1) is 0 Å². The van der Waals surface area contributed by atoms with Gasteiger partial charge < -0.3 is 15.8 Å². The van der Waals surface area contributed by atoms with Gasteiger partial charge in [0.2, 0.25) is 5.82 Å². The number of aromatic amines is 1. The van der Waals surface area contributed by atoms with Crippen LogP contribution in [0.1, 0.15) is 24.0 Å². The number of nitrogens with two attached hydrogens (primary N) is 1. The summed E-state index contributed by atoms with van der Waals surface area (Å²) in [6.45, 7) is 2.53. The molecule has 1 aromatic rings. The number of hydrogen-bond donors (Lipinski definition) is 3. The highest BCUT2D eigenvalue weighted by Gasteiger charge is 2.40. The minimum atomic E-state index is -0.303. The predicted molar refractivity (Wildman–Crippen MR) is 55.6 cm³/mol. The fourth-order valence-corrected chi connectivity index (χ4v) is 1.76. The summed E-state index contributed by atoms with van der Waals surface area (Å²) in [5.41, 5.74) is 5.80. The molecule has 0 spiro atoms. The summed E-state index contributed by atoms with van der Waals surface area (Å²) in [6.07, 6.45) is 2.07. The minimum absolute atomic E-state index is 0.00636. The van der Waals surface area contributed by atoms with E-state index >= 15 is 0 Å². The lowest BCUT2D eigenvalue weighted by Gasteiger charge is -2.42. The van der Waals surface area contributed by atoms with E-state index in [0.29, 0.717) is 6.61 Å². The molecule has 1 heterocycles. The van der Waals surface area contributed by atoms with Crippen LogP contribution in [0.5, 0.6) is 0 Å². The maximum atomic E-state index is 11.6. The van der Waals surface area contributed by atoms with Crippen LogP contribution < -0.4 is 11.1 Å². The number of amides is 1. The van der Waals surface area contributed by atoms with Gasteiger partial charge in [-0.2, -0.15) is 5.10 Å². The number of carbonyl (C=O) groups is 1. The second-order valence-electron chi connectivity index (χ2n) is 3.73. The number of aromatic nitrogens is 3. The fourth-order valence-electron chi connectivity index (χ4n) is 1.76. The van der Waals surface area contributed by atoms with Crippen LogP contribution in [0, 0.1) is 0 Å². The van der Waals surface area contributed by atoms with Crippen molar-refractivity contribution in [1.82, 2.24) is 20.5 Å². The maximum absolute atomic E-state index is 11.6. The van der Waals surface area contributed by atoms with Crippen LogP contribution in [0.2, 0.25) is 0 Å². The van der Waals surface area contributed by atoms with E-state index in [1.807, 2.05) is 6.92 Å². The van der Waals surface area contributed by atoms with Crippen LogP contribution in [0.15, 0.2) is 6.33 Å². The average molecular weight is 225 g/mol. The average Bonchev–Trinajstić information content (AvgIpc) is 2.79. The quantitative estimate of drug-likeness (QED) is 0.612. The molecular weight excluding hydrogens is 210 g/mol. The molecule has 7 nitrogen and oxygen atoms in total. The normalized spacial score (nSPS) is 28.5. The van der Waals surface area contributed by atoms with Gasteiger partial charge in [0.05, 0.1) is 12.1 Å². The van der Waals surface area contributed by atoms with Crippen molar-refractivity contribution in [1.29, 1.82) is 0 Å². The van der Waals surface area contributed by atoms with Crippen molar-refractivity contribution in [3.63, 3.8) is 0 Å². The molecule has 1 amide bonds. The first kappa shape index (κ1) is 11.0. The monoisotopic (exact) mass is 225 g/mol. The van der Waals surface area contributed by atoms with E-state index in [9.17, 15) is 4.79 Å². The van der Waals surface area contributed by atoms with Crippen LogP contribution in [0.3, 0.4) is 0 Å². The van der Waals surface area contributed by atoms with Crippen molar-refractivity contribution in [3.05, 3.63) is 12.2 Å². The summed E-state index contributed by atoms with van der Waals surface area (Å²) in [7, 11) is 0. The Morgan fingerprint density at radius 1 is 1.81 bits per heavy atom. The number of nitrogens with zero attached hydrogens (tertiary/aromatic N) is 2. The predicted octanol–water partition coefficient (Wildman–Crippen LogP) is -0.961. The molecule has 2 rings (SSSR count). The van der Waals surface area contributed by atoms with Gasteiger partial charge in [0, 0.05) is 12.6 Å². The highest BCUT2D eigenvalue weighted by Crippen LogP contribution is 2.22. The first-order valence-electron chi connectivity index (χ1n) is 5.25. The van der Waals surface area contributed by atoms with Crippen LogP contribution in [-0.4, -0.2) is 45.9 Å². The molecule has 0 bridgehead atoms. The Morgan fingerprint density at radius 3 is 3.19 bits per heavy atom. The Balaban J connectivity index is 1.91. The molecule has 16 heavy (non-hydrogen) atoms. The SMILES string of the molecule is CCOC1CC(N)C1NC(=O)c1ncn[nH]1. The van der Waals surface area contributed by atoms with E-state index in [1.165, 1.54) is 6.33 Å². The summed E-state index contributed by atoms with van der Waals surface area (Å²) in [6, 6.07) is -0.194. The fraction of sp³-hybridized carbons (Fsp3) is 0.667. The molecule has 0 saturated heterocycles. The molecule has 0 aliphatic heterocycles. The van der Waals surface area contributed by atoms with Crippen molar-refractivity contribution in [2.75, 3.05) is 6.61 Å². The lowest BCUT2D eigenvalue weighted by atomic mass is 9.83. The van der Waals surface area contributed by atoms with E-state index in [-0.39, 0.29) is 29.9 Å². The van der Waals surface area contributed by atoms with Gasteiger partial charge in [0.15, 0.2) is 0 Å². The number of hydrogen-bond acceptors (Lipinski definition) is 5. The first-order chi connectivity index (χ1) is 7.72. The Kier molecular flexibility index (Phi) is 3.16. The first-order valence-corrected chi connectivity index (χ1v) is 5.25. The van der Waals surface area contributed by atoms with Gasteiger partial charge in [0.1, 0.15) is 6.33 Å². The molecule has 1 aliphatic rings. The summed E-state index contributed by atoms with van der Waals surface area (Å²) in [5, 5.41) is 8.89. The van der Waals surface area contributed by atoms with Gasteiger partial charge >= 0.3 is 0 Å². The summed E-state index contributed by atoms with van der Waals surface area (Å²) < 4.78 is 5.44. The molecule has 1 fully saturated rings. The third-order valence-corrected chi connectivity index (χ3v) is 2.67. The second-order valence-corrected chi connectivity index (χ2v) is 3.73. The number of rotatable bonds is 4. The third kappa shape index (κ3) is 2.05. The van der Waals surface area contributed by atoms with Crippen molar-refractivity contribution in [3.8, 4) is 0 Å². The smallest absolute Gasteiger partial charge is 0.288 e. The minimum Gasteiger partial charge on any atom is -0.376 e. The van der Waals surface area contributed by atoms with E-state index in [4.69, 9.17) is 10.5 Å². The molecule has 1 aliphatic carbocycles.